The van der Waals surface area contributed by atoms with Crippen LogP contribution in [-0.2, 0) is 20.2 Å². The van der Waals surface area contributed by atoms with E-state index in [1.165, 1.54) is 36.4 Å². The Hall–Kier alpha value is -2.39. The first-order valence-corrected chi connectivity index (χ1v) is 10.8. The standard InChI is InChI=1S/C18H20ClN3O5S/c1-17(6-7-28(26,27)11-17)21-16(23)12-8-15(20)10-18(9-12,22(24)25)13-2-4-14(19)5-3-13/h2-5,8-9H,6-7,10-11,20H2,1H3,(H,21,23). The number of nitrogens with one attached hydrogen (secondary N) is 1. The molecule has 3 rings (SSSR count). The van der Waals surface area contributed by atoms with Crippen LogP contribution in [0.2, 0.25) is 5.02 Å². The highest BCUT2D eigenvalue weighted by atomic mass is 35.5. The lowest BCUT2D eigenvalue weighted by Crippen LogP contribution is -2.48. The van der Waals surface area contributed by atoms with E-state index < -0.39 is 31.7 Å². The van der Waals surface area contributed by atoms with Crippen molar-refractivity contribution in [2.75, 3.05) is 11.5 Å². The van der Waals surface area contributed by atoms with Crippen LogP contribution in [0.3, 0.4) is 0 Å². The first-order chi connectivity index (χ1) is 12.9. The van der Waals surface area contributed by atoms with Gasteiger partial charge in [0.25, 0.3) is 11.4 Å². The summed E-state index contributed by atoms with van der Waals surface area (Å²) in [7, 11) is -3.22. The molecule has 1 fully saturated rings. The van der Waals surface area contributed by atoms with Crippen molar-refractivity contribution in [3.63, 3.8) is 0 Å². The average molecular weight is 426 g/mol. The summed E-state index contributed by atoms with van der Waals surface area (Å²) in [6.07, 6.45) is 2.85. The molecule has 28 heavy (non-hydrogen) atoms. The Kier molecular flexibility index (Phi) is 5.01. The third kappa shape index (κ3) is 3.90. The summed E-state index contributed by atoms with van der Waals surface area (Å²) >= 11 is 5.88. The van der Waals surface area contributed by atoms with E-state index in [2.05, 4.69) is 5.32 Å². The zero-order chi connectivity index (χ0) is 20.7. The summed E-state index contributed by atoms with van der Waals surface area (Å²) < 4.78 is 23.5. The molecule has 8 nitrogen and oxygen atoms in total. The molecule has 2 unspecified atom stereocenters. The number of amides is 1. The Morgan fingerprint density at radius 2 is 1.96 bits per heavy atom. The Balaban J connectivity index is 1.97. The lowest BCUT2D eigenvalue weighted by atomic mass is 9.80. The smallest absolute Gasteiger partial charge is 0.271 e. The summed E-state index contributed by atoms with van der Waals surface area (Å²) in [6.45, 7) is 1.64. The van der Waals surface area contributed by atoms with Gasteiger partial charge in [0.15, 0.2) is 9.84 Å². The van der Waals surface area contributed by atoms with Crippen LogP contribution in [0.5, 0.6) is 0 Å². The fourth-order valence-electron chi connectivity index (χ4n) is 3.64. The van der Waals surface area contributed by atoms with Gasteiger partial charge in [0.05, 0.1) is 23.5 Å². The number of nitrogens with two attached hydrogens (primary N) is 1. The van der Waals surface area contributed by atoms with Crippen molar-refractivity contribution in [1.29, 1.82) is 0 Å². The molecule has 0 saturated carbocycles. The van der Waals surface area contributed by atoms with Gasteiger partial charge in [-0.3, -0.25) is 14.9 Å². The Morgan fingerprint density at radius 1 is 1.32 bits per heavy atom. The molecule has 1 heterocycles. The third-order valence-corrected chi connectivity index (χ3v) is 7.21. The predicted molar refractivity (Wildman–Crippen MR) is 105 cm³/mol. The molecule has 10 heteroatoms. The van der Waals surface area contributed by atoms with Gasteiger partial charge in [-0.1, -0.05) is 23.7 Å². The van der Waals surface area contributed by atoms with E-state index in [1.54, 1.807) is 6.92 Å². The number of nitrogens with zero attached hydrogens (tertiary/aromatic N) is 1. The number of carbonyl (C=O) groups is 1. The lowest BCUT2D eigenvalue weighted by Gasteiger charge is -2.29. The molecule has 0 aromatic heterocycles. The highest BCUT2D eigenvalue weighted by Gasteiger charge is 2.47. The number of benzene rings is 1. The molecule has 2 atom stereocenters. The predicted octanol–water partition coefficient (Wildman–Crippen LogP) is 1.68. The van der Waals surface area contributed by atoms with E-state index in [0.717, 1.165) is 0 Å². The van der Waals surface area contributed by atoms with Crippen molar-refractivity contribution >= 4 is 27.3 Å². The van der Waals surface area contributed by atoms with Crippen LogP contribution in [-0.4, -0.2) is 36.3 Å². The van der Waals surface area contributed by atoms with Crippen molar-refractivity contribution in [1.82, 2.24) is 5.32 Å². The second-order valence-corrected chi connectivity index (χ2v) is 10.2. The molecule has 1 aliphatic heterocycles. The summed E-state index contributed by atoms with van der Waals surface area (Å²) in [6, 6.07) is 6.13. The van der Waals surface area contributed by atoms with Crippen LogP contribution in [0.4, 0.5) is 0 Å². The Labute approximate surface area is 167 Å². The number of carbonyl (C=O) groups excluding carboxylic acids is 1. The van der Waals surface area contributed by atoms with Crippen molar-refractivity contribution in [2.45, 2.75) is 30.8 Å². The average Bonchev–Trinajstić information content (AvgIpc) is 2.87. The summed E-state index contributed by atoms with van der Waals surface area (Å²) in [5.41, 5.74) is 3.87. The molecule has 2 aliphatic rings. The minimum absolute atomic E-state index is 0.00951. The molecule has 1 aliphatic carbocycles. The van der Waals surface area contributed by atoms with E-state index >= 15 is 0 Å². The maximum Gasteiger partial charge on any atom is 0.271 e. The van der Waals surface area contributed by atoms with Crippen molar-refractivity contribution in [3.8, 4) is 0 Å². The highest BCUT2D eigenvalue weighted by molar-refractivity contribution is 7.91. The van der Waals surface area contributed by atoms with Crippen molar-refractivity contribution in [2.24, 2.45) is 5.73 Å². The monoisotopic (exact) mass is 425 g/mol. The third-order valence-electron chi connectivity index (χ3n) is 5.06. The van der Waals surface area contributed by atoms with Gasteiger partial charge in [-0.25, -0.2) is 8.42 Å². The number of nitro groups is 1. The molecular formula is C18H20ClN3O5S. The van der Waals surface area contributed by atoms with Gasteiger partial charge in [-0.2, -0.15) is 0 Å². The molecule has 1 aromatic carbocycles. The maximum absolute atomic E-state index is 12.8. The van der Waals surface area contributed by atoms with Crippen LogP contribution < -0.4 is 11.1 Å². The SMILES string of the molecule is CC1(NC(=O)C2=CC(c3ccc(Cl)cc3)([N+](=O)[O-])CC(N)=C2)CCS(=O)(=O)C1. The van der Waals surface area contributed by atoms with Gasteiger partial charge in [-0.15, -0.1) is 0 Å². The van der Waals surface area contributed by atoms with Gasteiger partial charge < -0.3 is 11.1 Å². The second kappa shape index (κ2) is 6.89. The van der Waals surface area contributed by atoms with E-state index in [-0.39, 0.29) is 35.6 Å². The highest BCUT2D eigenvalue weighted by Crippen LogP contribution is 2.37. The first kappa shape index (κ1) is 20.3. The molecule has 1 saturated heterocycles. The van der Waals surface area contributed by atoms with E-state index in [0.29, 0.717) is 10.6 Å². The number of rotatable bonds is 4. The van der Waals surface area contributed by atoms with Crippen molar-refractivity contribution < 1.29 is 18.1 Å². The van der Waals surface area contributed by atoms with Gasteiger partial charge >= 0.3 is 0 Å². The first-order valence-electron chi connectivity index (χ1n) is 8.57. The van der Waals surface area contributed by atoms with Gasteiger partial charge in [-0.05, 0) is 31.6 Å². The molecule has 1 amide bonds. The molecule has 150 valence electrons. The van der Waals surface area contributed by atoms with Gasteiger partial charge in [0.2, 0.25) is 0 Å². The summed E-state index contributed by atoms with van der Waals surface area (Å²) in [4.78, 5) is 24.3. The zero-order valence-electron chi connectivity index (χ0n) is 15.1. The number of halogens is 1. The molecule has 3 N–H and O–H groups in total. The van der Waals surface area contributed by atoms with E-state index in [4.69, 9.17) is 17.3 Å². The number of sulfone groups is 1. The molecule has 1 aromatic rings. The molecule has 0 bridgehead atoms. The summed E-state index contributed by atoms with van der Waals surface area (Å²) in [5, 5.41) is 15.1. The van der Waals surface area contributed by atoms with Crippen LogP contribution >= 0.6 is 11.6 Å². The van der Waals surface area contributed by atoms with Crippen molar-refractivity contribution in [3.05, 3.63) is 68.4 Å². The number of hydrogen-bond acceptors (Lipinski definition) is 6. The quantitative estimate of drug-likeness (QED) is 0.557. The lowest BCUT2D eigenvalue weighted by molar-refractivity contribution is -0.564. The van der Waals surface area contributed by atoms with Crippen LogP contribution in [0, 0.1) is 10.1 Å². The van der Waals surface area contributed by atoms with Gasteiger partial charge in [0.1, 0.15) is 0 Å². The maximum atomic E-state index is 12.8. The molecule has 0 radical (unpaired) electrons. The minimum atomic E-state index is -3.22. The second-order valence-electron chi connectivity index (χ2n) is 7.54. The largest absolute Gasteiger partial charge is 0.402 e. The van der Waals surface area contributed by atoms with Gasteiger partial charge in [0, 0.05) is 32.9 Å². The fraction of sp³-hybridized carbons (Fsp3) is 0.389. The minimum Gasteiger partial charge on any atom is -0.402 e. The van der Waals surface area contributed by atoms with Crippen LogP contribution in [0.15, 0.2) is 47.7 Å². The molecular weight excluding hydrogens is 406 g/mol. The normalized spacial score (nSPS) is 28.9. The van der Waals surface area contributed by atoms with Crippen LogP contribution in [0.25, 0.3) is 0 Å². The Morgan fingerprint density at radius 3 is 2.50 bits per heavy atom. The zero-order valence-corrected chi connectivity index (χ0v) is 16.7. The molecule has 0 spiro atoms. The van der Waals surface area contributed by atoms with Crippen LogP contribution in [0.1, 0.15) is 25.3 Å². The fourth-order valence-corrected chi connectivity index (χ4v) is 5.86. The van der Waals surface area contributed by atoms with E-state index in [1.807, 2.05) is 0 Å². The summed E-state index contributed by atoms with van der Waals surface area (Å²) in [5.74, 6) is -0.775. The number of hydrogen-bond donors (Lipinski definition) is 2. The Bertz CT molecular complexity index is 1000. The topological polar surface area (TPSA) is 132 Å². The van der Waals surface area contributed by atoms with E-state index in [9.17, 15) is 23.3 Å².